The van der Waals surface area contributed by atoms with Gasteiger partial charge in [-0.2, -0.15) is 0 Å². The van der Waals surface area contributed by atoms with Crippen molar-refractivity contribution < 1.29 is 19.1 Å². The van der Waals surface area contributed by atoms with Crippen molar-refractivity contribution in [3.8, 4) is 5.88 Å². The van der Waals surface area contributed by atoms with Crippen LogP contribution >= 0.6 is 11.3 Å². The number of hydrogen-bond acceptors (Lipinski definition) is 7. The van der Waals surface area contributed by atoms with Crippen LogP contribution in [0.3, 0.4) is 0 Å². The van der Waals surface area contributed by atoms with Crippen LogP contribution in [-0.2, 0) is 16.0 Å². The van der Waals surface area contributed by atoms with Gasteiger partial charge in [0.15, 0.2) is 0 Å². The van der Waals surface area contributed by atoms with E-state index in [1.54, 1.807) is 22.6 Å². The third kappa shape index (κ3) is 5.39. The van der Waals surface area contributed by atoms with Crippen LogP contribution < -0.4 is 10.5 Å². The van der Waals surface area contributed by atoms with E-state index in [0.717, 1.165) is 55.2 Å². The van der Waals surface area contributed by atoms with Crippen LogP contribution in [0.4, 0.5) is 4.79 Å². The second kappa shape index (κ2) is 9.44. The molecule has 1 saturated carbocycles. The van der Waals surface area contributed by atoms with E-state index in [1.165, 1.54) is 10.4 Å². The van der Waals surface area contributed by atoms with Crippen molar-refractivity contribution in [1.29, 1.82) is 0 Å². The van der Waals surface area contributed by atoms with Gasteiger partial charge in [0.25, 0.3) is 0 Å². The van der Waals surface area contributed by atoms with Crippen LogP contribution in [0, 0.1) is 0 Å². The number of fused-ring (bicyclic) bond motifs is 3. The van der Waals surface area contributed by atoms with Gasteiger partial charge in [-0.15, -0.1) is 11.3 Å². The van der Waals surface area contributed by atoms with Gasteiger partial charge in [0.2, 0.25) is 11.8 Å². The highest BCUT2D eigenvalue weighted by molar-refractivity contribution is 7.19. The van der Waals surface area contributed by atoms with E-state index in [1.807, 2.05) is 27.8 Å². The molecule has 2 aliphatic rings. The Morgan fingerprint density at radius 3 is 2.58 bits per heavy atom. The van der Waals surface area contributed by atoms with Crippen LogP contribution in [-0.4, -0.2) is 51.7 Å². The summed E-state index contributed by atoms with van der Waals surface area (Å²) in [5, 5.41) is 1.01. The second-order valence-electron chi connectivity index (χ2n) is 10.2. The molecular formula is C24H34N4O4S. The van der Waals surface area contributed by atoms with Crippen molar-refractivity contribution in [3.63, 3.8) is 0 Å². The zero-order chi connectivity index (χ0) is 23.8. The van der Waals surface area contributed by atoms with E-state index in [2.05, 4.69) is 9.97 Å². The van der Waals surface area contributed by atoms with E-state index in [0.29, 0.717) is 18.2 Å². The van der Waals surface area contributed by atoms with Gasteiger partial charge in [0, 0.05) is 24.4 Å². The number of hydrogen-bond donors (Lipinski definition) is 1. The molecule has 2 amide bonds. The Morgan fingerprint density at radius 1 is 1.18 bits per heavy atom. The van der Waals surface area contributed by atoms with E-state index < -0.39 is 5.60 Å². The molecule has 0 aliphatic heterocycles. The van der Waals surface area contributed by atoms with Gasteiger partial charge in [0.1, 0.15) is 22.9 Å². The molecule has 0 radical (unpaired) electrons. The maximum absolute atomic E-state index is 12.4. The number of ether oxygens (including phenoxy) is 2. The number of rotatable bonds is 6. The number of nitrogens with two attached hydrogens (primary N) is 1. The Bertz CT molecular complexity index is 1020. The maximum Gasteiger partial charge on any atom is 0.410 e. The van der Waals surface area contributed by atoms with E-state index in [9.17, 15) is 9.59 Å². The molecule has 9 heteroatoms. The highest BCUT2D eigenvalue weighted by Crippen LogP contribution is 2.47. The normalized spacial score (nSPS) is 22.7. The summed E-state index contributed by atoms with van der Waals surface area (Å²) in [6.45, 7) is 5.64. The molecule has 2 aromatic heterocycles. The van der Waals surface area contributed by atoms with Crippen LogP contribution in [0.2, 0.25) is 0 Å². The summed E-state index contributed by atoms with van der Waals surface area (Å²) in [7, 11) is 1.81. The molecule has 4 rings (SSSR count). The van der Waals surface area contributed by atoms with E-state index >= 15 is 0 Å². The number of thiophene rings is 1. The topological polar surface area (TPSA) is 108 Å². The number of primary amides is 1. The number of amides is 2. The molecule has 180 valence electrons. The first kappa shape index (κ1) is 23.7. The molecule has 33 heavy (non-hydrogen) atoms. The summed E-state index contributed by atoms with van der Waals surface area (Å²) in [6.07, 6.45) is 7.93. The number of aromatic nitrogens is 2. The Balaban J connectivity index is 1.43. The molecule has 2 aliphatic carbocycles. The largest absolute Gasteiger partial charge is 0.474 e. The molecular weight excluding hydrogens is 440 g/mol. The SMILES string of the molecule is CN(C(=O)OC(C)(C)C)[C@H]1CC[C@H](Oc2ncnc3sc4c(c23)[C@@H](CCC(N)=O)CC4)CC1. The van der Waals surface area contributed by atoms with Gasteiger partial charge in [0.05, 0.1) is 5.39 Å². The minimum atomic E-state index is -0.500. The average Bonchev–Trinajstić information content (AvgIpc) is 3.30. The summed E-state index contributed by atoms with van der Waals surface area (Å²) in [5.41, 5.74) is 6.15. The Morgan fingerprint density at radius 2 is 1.91 bits per heavy atom. The van der Waals surface area contributed by atoms with Gasteiger partial charge in [-0.3, -0.25) is 4.79 Å². The summed E-state index contributed by atoms with van der Waals surface area (Å²) in [4.78, 5) is 36.7. The smallest absolute Gasteiger partial charge is 0.410 e. The zero-order valence-electron chi connectivity index (χ0n) is 19.9. The minimum absolute atomic E-state index is 0.0485. The van der Waals surface area contributed by atoms with E-state index in [4.69, 9.17) is 15.2 Å². The number of nitrogens with zero attached hydrogens (tertiary/aromatic N) is 3. The average molecular weight is 475 g/mol. The first-order chi connectivity index (χ1) is 15.6. The molecule has 2 heterocycles. The fourth-order valence-corrected chi connectivity index (χ4v) is 6.16. The number of carbonyl (C=O) groups is 2. The summed E-state index contributed by atoms with van der Waals surface area (Å²) >= 11 is 1.71. The minimum Gasteiger partial charge on any atom is -0.474 e. The zero-order valence-corrected chi connectivity index (χ0v) is 20.7. The van der Waals surface area contributed by atoms with Crippen LogP contribution in [0.25, 0.3) is 10.2 Å². The van der Waals surface area contributed by atoms with Crippen molar-refractivity contribution in [2.75, 3.05) is 7.05 Å². The maximum atomic E-state index is 12.4. The molecule has 1 atom stereocenters. The Labute approximate surface area is 198 Å². The quantitative estimate of drug-likeness (QED) is 0.658. The standard InChI is InChI=1S/C24H34N4O4S/c1-24(2,3)32-23(30)28(4)15-7-9-16(10-8-15)31-21-20-19-14(6-12-18(25)29)5-11-17(19)33-22(20)27-13-26-21/h13-16H,5-12H2,1-4H3,(H2,25,29)/t14-,15-,16-/m1/s1. The van der Waals surface area contributed by atoms with Gasteiger partial charge >= 0.3 is 6.09 Å². The second-order valence-corrected chi connectivity index (χ2v) is 11.3. The third-order valence-corrected chi connectivity index (χ3v) is 7.76. The Kier molecular flexibility index (Phi) is 6.79. The fraction of sp³-hybridized carbons (Fsp3) is 0.667. The Hall–Kier alpha value is -2.42. The lowest BCUT2D eigenvalue weighted by molar-refractivity contribution is -0.118. The molecule has 0 unspecified atom stereocenters. The summed E-state index contributed by atoms with van der Waals surface area (Å²) < 4.78 is 11.9. The lowest BCUT2D eigenvalue weighted by Gasteiger charge is -2.35. The van der Waals surface area contributed by atoms with E-state index in [-0.39, 0.29) is 24.1 Å². The number of carbonyl (C=O) groups excluding carboxylic acids is 2. The lowest BCUT2D eigenvalue weighted by atomic mass is 9.92. The molecule has 8 nitrogen and oxygen atoms in total. The summed E-state index contributed by atoms with van der Waals surface area (Å²) in [5.74, 6) is 0.684. The molecule has 1 fully saturated rings. The molecule has 2 aromatic rings. The van der Waals surface area contributed by atoms with Gasteiger partial charge in [-0.25, -0.2) is 14.8 Å². The molecule has 2 N–H and O–H groups in total. The van der Waals surface area contributed by atoms with Crippen LogP contribution in [0.15, 0.2) is 6.33 Å². The van der Waals surface area contributed by atoms with Gasteiger partial charge < -0.3 is 20.1 Å². The van der Waals surface area contributed by atoms with Crippen LogP contribution in [0.5, 0.6) is 5.88 Å². The summed E-state index contributed by atoms with van der Waals surface area (Å²) in [6, 6.07) is 0.147. The molecule has 0 saturated heterocycles. The lowest BCUT2D eigenvalue weighted by Crippen LogP contribution is -2.43. The monoisotopic (exact) mass is 474 g/mol. The first-order valence-electron chi connectivity index (χ1n) is 11.8. The van der Waals surface area contributed by atoms with Crippen LogP contribution in [0.1, 0.15) is 82.1 Å². The first-order valence-corrected chi connectivity index (χ1v) is 12.6. The van der Waals surface area contributed by atoms with Crippen molar-refractivity contribution in [2.45, 2.75) is 95.8 Å². The predicted molar refractivity (Wildman–Crippen MR) is 128 cm³/mol. The van der Waals surface area contributed by atoms with Gasteiger partial charge in [-0.05, 0) is 77.2 Å². The number of aryl methyl sites for hydroxylation is 1. The fourth-order valence-electron chi connectivity index (χ4n) is 4.93. The molecule has 0 spiro atoms. The van der Waals surface area contributed by atoms with Gasteiger partial charge in [-0.1, -0.05) is 0 Å². The predicted octanol–water partition coefficient (Wildman–Crippen LogP) is 4.54. The van der Waals surface area contributed by atoms with Crippen molar-refractivity contribution in [1.82, 2.24) is 14.9 Å². The van der Waals surface area contributed by atoms with Crippen molar-refractivity contribution >= 4 is 33.6 Å². The van der Waals surface area contributed by atoms with Crippen molar-refractivity contribution in [2.24, 2.45) is 5.73 Å². The third-order valence-electron chi connectivity index (χ3n) is 6.59. The highest BCUT2D eigenvalue weighted by Gasteiger charge is 2.33. The molecule has 0 aromatic carbocycles. The molecule has 0 bridgehead atoms. The highest BCUT2D eigenvalue weighted by atomic mass is 32.1. The van der Waals surface area contributed by atoms with Crippen molar-refractivity contribution in [3.05, 3.63) is 16.8 Å².